The van der Waals surface area contributed by atoms with E-state index in [0.717, 1.165) is 5.69 Å². The lowest BCUT2D eigenvalue weighted by molar-refractivity contribution is -0.127. The fourth-order valence-corrected chi connectivity index (χ4v) is 2.85. The lowest BCUT2D eigenvalue weighted by Gasteiger charge is -2.08. The number of rotatable bonds is 9. The molecule has 2 heterocycles. The highest BCUT2D eigenvalue weighted by Crippen LogP contribution is 2.24. The van der Waals surface area contributed by atoms with Gasteiger partial charge in [-0.1, -0.05) is 16.9 Å². The molecule has 0 bridgehead atoms. The Hall–Kier alpha value is -2.88. The highest BCUT2D eigenvalue weighted by Gasteiger charge is 2.16. The Kier molecular flexibility index (Phi) is 7.80. The minimum atomic E-state index is -0.671. The van der Waals surface area contributed by atoms with Crippen LogP contribution in [-0.4, -0.2) is 47.6 Å². The number of pyridine rings is 1. The molecule has 0 spiro atoms. The molecule has 27 heavy (non-hydrogen) atoms. The molecule has 0 aliphatic rings. The van der Waals surface area contributed by atoms with Crippen molar-refractivity contribution in [3.8, 4) is 0 Å². The van der Waals surface area contributed by atoms with E-state index in [2.05, 4.69) is 20.8 Å². The summed E-state index contributed by atoms with van der Waals surface area (Å²) in [6, 6.07) is 4.97. The van der Waals surface area contributed by atoms with Crippen LogP contribution in [0.25, 0.3) is 0 Å². The van der Waals surface area contributed by atoms with Crippen LogP contribution >= 0.6 is 11.8 Å². The lowest BCUT2D eigenvalue weighted by Crippen LogP contribution is -2.38. The third-order valence-corrected chi connectivity index (χ3v) is 4.22. The van der Waals surface area contributed by atoms with Crippen LogP contribution in [-0.2, 0) is 20.1 Å². The zero-order chi connectivity index (χ0) is 19.6. The topological polar surface area (TPSA) is 123 Å². The molecule has 9 nitrogen and oxygen atoms in total. The van der Waals surface area contributed by atoms with Gasteiger partial charge in [-0.3, -0.25) is 9.59 Å². The third-order valence-electron chi connectivity index (χ3n) is 3.18. The van der Waals surface area contributed by atoms with Gasteiger partial charge < -0.3 is 19.9 Å². The number of amides is 2. The van der Waals surface area contributed by atoms with Crippen molar-refractivity contribution in [2.24, 2.45) is 0 Å². The summed E-state index contributed by atoms with van der Waals surface area (Å²) in [5.74, 6) is -0.376. The van der Waals surface area contributed by atoms with Crippen molar-refractivity contribution in [1.29, 1.82) is 0 Å². The fourth-order valence-electron chi connectivity index (χ4n) is 1.99. The fraction of sp³-hybridized carbons (Fsp3) is 0.353. The molecule has 2 aromatic rings. The van der Waals surface area contributed by atoms with Gasteiger partial charge in [0.2, 0.25) is 5.91 Å². The minimum absolute atomic E-state index is 0.171. The zero-order valence-electron chi connectivity index (χ0n) is 15.0. The predicted molar refractivity (Wildman–Crippen MR) is 97.0 cm³/mol. The lowest BCUT2D eigenvalue weighted by atomic mass is 10.3. The van der Waals surface area contributed by atoms with Crippen molar-refractivity contribution >= 4 is 29.5 Å². The SMILES string of the molecule is CCNC(=O)CNC(=O)COC(=O)c1cccnc1SCc1cc(C)on1. The van der Waals surface area contributed by atoms with E-state index >= 15 is 0 Å². The molecular formula is C17H20N4O5S. The van der Waals surface area contributed by atoms with Gasteiger partial charge in [-0.25, -0.2) is 9.78 Å². The molecule has 0 aromatic carbocycles. The van der Waals surface area contributed by atoms with Gasteiger partial charge >= 0.3 is 5.97 Å². The highest BCUT2D eigenvalue weighted by molar-refractivity contribution is 7.98. The Bertz CT molecular complexity index is 808. The second-order valence-electron chi connectivity index (χ2n) is 5.38. The highest BCUT2D eigenvalue weighted by atomic mass is 32.2. The maximum Gasteiger partial charge on any atom is 0.341 e. The molecule has 0 atom stereocenters. The Labute approximate surface area is 160 Å². The monoisotopic (exact) mass is 392 g/mol. The first kappa shape index (κ1) is 20.4. The molecule has 0 aliphatic heterocycles. The molecule has 2 N–H and O–H groups in total. The molecule has 0 unspecified atom stereocenters. The molecule has 0 saturated carbocycles. The van der Waals surface area contributed by atoms with E-state index in [-0.39, 0.29) is 18.0 Å². The quantitative estimate of drug-likeness (QED) is 0.480. The maximum absolute atomic E-state index is 12.3. The molecule has 0 fully saturated rings. The number of carbonyl (C=O) groups excluding carboxylic acids is 3. The van der Waals surface area contributed by atoms with Gasteiger partial charge in [0, 0.05) is 24.6 Å². The molecule has 2 amide bonds. The summed E-state index contributed by atoms with van der Waals surface area (Å²) < 4.78 is 10.0. The number of nitrogens with zero attached hydrogens (tertiary/aromatic N) is 2. The summed E-state index contributed by atoms with van der Waals surface area (Å²) in [6.45, 7) is 3.38. The summed E-state index contributed by atoms with van der Waals surface area (Å²) in [6.07, 6.45) is 1.56. The summed E-state index contributed by atoms with van der Waals surface area (Å²) in [7, 11) is 0. The van der Waals surface area contributed by atoms with Crippen LogP contribution in [0.2, 0.25) is 0 Å². The molecule has 2 rings (SSSR count). The second-order valence-corrected chi connectivity index (χ2v) is 6.34. The van der Waals surface area contributed by atoms with Crippen LogP contribution in [0.4, 0.5) is 0 Å². The molecule has 2 aromatic heterocycles. The summed E-state index contributed by atoms with van der Waals surface area (Å²) >= 11 is 1.31. The zero-order valence-corrected chi connectivity index (χ0v) is 15.8. The number of carbonyl (C=O) groups is 3. The van der Waals surface area contributed by atoms with Crippen LogP contribution < -0.4 is 10.6 Å². The number of hydrogen-bond acceptors (Lipinski definition) is 8. The summed E-state index contributed by atoms with van der Waals surface area (Å²) in [5.41, 5.74) is 0.978. The average molecular weight is 392 g/mol. The number of likely N-dealkylation sites (N-methyl/N-ethyl adjacent to an activating group) is 1. The van der Waals surface area contributed by atoms with Gasteiger partial charge in [-0.05, 0) is 26.0 Å². The maximum atomic E-state index is 12.3. The minimum Gasteiger partial charge on any atom is -0.452 e. The summed E-state index contributed by atoms with van der Waals surface area (Å²) in [5, 5.41) is 9.26. The predicted octanol–water partition coefficient (Wildman–Crippen LogP) is 1.08. The molecule has 0 saturated heterocycles. The van der Waals surface area contributed by atoms with Gasteiger partial charge in [-0.2, -0.15) is 0 Å². The molecule has 10 heteroatoms. The first-order valence-corrected chi connectivity index (χ1v) is 9.18. The molecule has 0 radical (unpaired) electrons. The normalized spacial score (nSPS) is 10.3. The number of thioether (sulfide) groups is 1. The van der Waals surface area contributed by atoms with E-state index in [0.29, 0.717) is 23.1 Å². The van der Waals surface area contributed by atoms with Crippen LogP contribution in [0.3, 0.4) is 0 Å². The van der Waals surface area contributed by atoms with Crippen molar-refractivity contribution in [2.75, 3.05) is 19.7 Å². The standard InChI is InChI=1S/C17H20N4O5S/c1-3-18-14(22)8-20-15(23)9-25-17(24)13-5-4-6-19-16(13)27-10-12-7-11(2)26-21-12/h4-7H,3,8-10H2,1-2H3,(H,18,22)(H,20,23). The number of aryl methyl sites for hydroxylation is 1. The van der Waals surface area contributed by atoms with Crippen LogP contribution in [0.1, 0.15) is 28.7 Å². The first-order valence-electron chi connectivity index (χ1n) is 8.20. The van der Waals surface area contributed by atoms with E-state index in [9.17, 15) is 14.4 Å². The van der Waals surface area contributed by atoms with Crippen molar-refractivity contribution in [3.63, 3.8) is 0 Å². The van der Waals surface area contributed by atoms with Crippen molar-refractivity contribution in [3.05, 3.63) is 41.4 Å². The van der Waals surface area contributed by atoms with Gasteiger partial charge in [-0.15, -0.1) is 0 Å². The largest absolute Gasteiger partial charge is 0.452 e. The van der Waals surface area contributed by atoms with E-state index in [1.54, 1.807) is 38.2 Å². The smallest absolute Gasteiger partial charge is 0.341 e. The van der Waals surface area contributed by atoms with Crippen molar-refractivity contribution in [2.45, 2.75) is 24.6 Å². The molecular weight excluding hydrogens is 372 g/mol. The number of hydrogen-bond donors (Lipinski definition) is 2. The Morgan fingerprint density at radius 2 is 2.07 bits per heavy atom. The number of ether oxygens (including phenoxy) is 1. The average Bonchev–Trinajstić information content (AvgIpc) is 3.08. The van der Waals surface area contributed by atoms with Gasteiger partial charge in [0.25, 0.3) is 5.91 Å². The van der Waals surface area contributed by atoms with Crippen LogP contribution in [0, 0.1) is 6.92 Å². The van der Waals surface area contributed by atoms with Gasteiger partial charge in [0.05, 0.1) is 17.8 Å². The first-order chi connectivity index (χ1) is 13.0. The van der Waals surface area contributed by atoms with Gasteiger partial charge in [0.1, 0.15) is 10.8 Å². The van der Waals surface area contributed by atoms with E-state index in [1.165, 1.54) is 11.8 Å². The van der Waals surface area contributed by atoms with Crippen LogP contribution in [0.15, 0.2) is 33.9 Å². The van der Waals surface area contributed by atoms with E-state index in [4.69, 9.17) is 9.26 Å². The number of esters is 1. The van der Waals surface area contributed by atoms with E-state index in [1.807, 2.05) is 0 Å². The van der Waals surface area contributed by atoms with Crippen molar-refractivity contribution in [1.82, 2.24) is 20.8 Å². The number of aromatic nitrogens is 2. The third kappa shape index (κ3) is 6.74. The molecule has 144 valence electrons. The Morgan fingerprint density at radius 3 is 2.78 bits per heavy atom. The summed E-state index contributed by atoms with van der Waals surface area (Å²) in [4.78, 5) is 39.4. The van der Waals surface area contributed by atoms with Crippen molar-refractivity contribution < 1.29 is 23.6 Å². The van der Waals surface area contributed by atoms with Gasteiger partial charge in [0.15, 0.2) is 6.61 Å². The molecule has 0 aliphatic carbocycles. The number of nitrogens with one attached hydrogen (secondary N) is 2. The Balaban J connectivity index is 1.86. The van der Waals surface area contributed by atoms with E-state index < -0.39 is 18.5 Å². The Morgan fingerprint density at radius 1 is 1.26 bits per heavy atom. The second kappa shape index (κ2) is 10.3. The van der Waals surface area contributed by atoms with Crippen LogP contribution in [0.5, 0.6) is 0 Å².